The van der Waals surface area contributed by atoms with Crippen molar-refractivity contribution in [2.24, 2.45) is 0 Å². The Kier molecular flexibility index (Phi) is 1.68. The summed E-state index contributed by atoms with van der Waals surface area (Å²) < 4.78 is 0. The molecular formula is C7H5ClN2S. The van der Waals surface area contributed by atoms with E-state index in [-0.39, 0.29) is 0 Å². The highest BCUT2D eigenvalue weighted by molar-refractivity contribution is 7.13. The first-order valence-corrected chi connectivity index (χ1v) is 4.36. The van der Waals surface area contributed by atoms with Crippen LogP contribution in [-0.4, -0.2) is 9.97 Å². The summed E-state index contributed by atoms with van der Waals surface area (Å²) in [6, 6.07) is 4.02. The van der Waals surface area contributed by atoms with Crippen LogP contribution in [-0.2, 0) is 0 Å². The topological polar surface area (TPSA) is 28.7 Å². The number of imidazole rings is 1. The van der Waals surface area contributed by atoms with Crippen LogP contribution >= 0.6 is 22.9 Å². The van der Waals surface area contributed by atoms with Gasteiger partial charge in [0.1, 0.15) is 0 Å². The van der Waals surface area contributed by atoms with Crippen molar-refractivity contribution in [1.29, 1.82) is 0 Å². The molecule has 11 heavy (non-hydrogen) atoms. The average molecular weight is 185 g/mol. The number of hydrogen-bond donors (Lipinski definition) is 1. The van der Waals surface area contributed by atoms with Gasteiger partial charge in [0, 0.05) is 0 Å². The number of H-pyrrole nitrogens is 1. The van der Waals surface area contributed by atoms with E-state index in [0.29, 0.717) is 5.28 Å². The molecule has 0 amide bonds. The Hall–Kier alpha value is -0.800. The third kappa shape index (κ3) is 1.29. The maximum absolute atomic E-state index is 5.62. The van der Waals surface area contributed by atoms with E-state index in [1.807, 2.05) is 17.5 Å². The lowest BCUT2D eigenvalue weighted by Crippen LogP contribution is -1.67. The summed E-state index contributed by atoms with van der Waals surface area (Å²) in [4.78, 5) is 7.99. The molecule has 2 nitrogen and oxygen atoms in total. The molecule has 0 fully saturated rings. The summed E-state index contributed by atoms with van der Waals surface area (Å²) in [6.45, 7) is 0. The molecule has 0 atom stereocenters. The van der Waals surface area contributed by atoms with Gasteiger partial charge in [-0.15, -0.1) is 11.3 Å². The summed E-state index contributed by atoms with van der Waals surface area (Å²) in [5.41, 5.74) is 0.977. The molecule has 0 saturated heterocycles. The Bertz CT molecular complexity index is 339. The van der Waals surface area contributed by atoms with E-state index in [2.05, 4.69) is 9.97 Å². The van der Waals surface area contributed by atoms with Gasteiger partial charge in [-0.25, -0.2) is 4.98 Å². The fourth-order valence-electron chi connectivity index (χ4n) is 0.854. The van der Waals surface area contributed by atoms with Crippen LogP contribution in [0.3, 0.4) is 0 Å². The third-order valence-electron chi connectivity index (χ3n) is 1.33. The molecule has 1 N–H and O–H groups in total. The van der Waals surface area contributed by atoms with Gasteiger partial charge < -0.3 is 4.98 Å². The molecule has 0 aliphatic heterocycles. The van der Waals surface area contributed by atoms with E-state index in [1.54, 1.807) is 17.5 Å². The third-order valence-corrected chi connectivity index (χ3v) is 2.43. The van der Waals surface area contributed by atoms with Crippen LogP contribution in [0.5, 0.6) is 0 Å². The lowest BCUT2D eigenvalue weighted by molar-refractivity contribution is 1.31. The summed E-state index contributed by atoms with van der Waals surface area (Å²) in [6.07, 6.45) is 1.73. The van der Waals surface area contributed by atoms with E-state index in [1.165, 1.54) is 0 Å². The van der Waals surface area contributed by atoms with Crippen LogP contribution < -0.4 is 0 Å². The Morgan fingerprint density at radius 1 is 1.55 bits per heavy atom. The molecule has 2 rings (SSSR count). The Morgan fingerprint density at radius 3 is 3.00 bits per heavy atom. The lowest BCUT2D eigenvalue weighted by Gasteiger charge is -1.86. The van der Waals surface area contributed by atoms with Gasteiger partial charge in [-0.3, -0.25) is 0 Å². The number of hydrogen-bond acceptors (Lipinski definition) is 2. The first-order chi connectivity index (χ1) is 5.36. The summed E-state index contributed by atoms with van der Waals surface area (Å²) in [7, 11) is 0. The van der Waals surface area contributed by atoms with E-state index < -0.39 is 0 Å². The van der Waals surface area contributed by atoms with Crippen LogP contribution in [0.4, 0.5) is 0 Å². The largest absolute Gasteiger partial charge is 0.328 e. The van der Waals surface area contributed by atoms with Gasteiger partial charge in [0.2, 0.25) is 0 Å². The smallest absolute Gasteiger partial charge is 0.200 e. The molecule has 0 spiro atoms. The van der Waals surface area contributed by atoms with Gasteiger partial charge in [0.15, 0.2) is 5.28 Å². The van der Waals surface area contributed by atoms with E-state index in [9.17, 15) is 0 Å². The van der Waals surface area contributed by atoms with Crippen LogP contribution in [0, 0.1) is 0 Å². The summed E-state index contributed by atoms with van der Waals surface area (Å²) >= 11 is 7.27. The molecule has 56 valence electrons. The van der Waals surface area contributed by atoms with Crippen LogP contribution in [0.2, 0.25) is 5.28 Å². The highest BCUT2D eigenvalue weighted by Gasteiger charge is 2.00. The van der Waals surface area contributed by atoms with Gasteiger partial charge in [0.05, 0.1) is 16.8 Å². The summed E-state index contributed by atoms with van der Waals surface area (Å²) in [5.74, 6) is 0. The van der Waals surface area contributed by atoms with Gasteiger partial charge >= 0.3 is 0 Å². The van der Waals surface area contributed by atoms with E-state index in [4.69, 9.17) is 11.6 Å². The first kappa shape index (κ1) is 6.88. The van der Waals surface area contributed by atoms with Crippen molar-refractivity contribution >= 4 is 22.9 Å². The van der Waals surface area contributed by atoms with Crippen molar-refractivity contribution in [2.45, 2.75) is 0 Å². The van der Waals surface area contributed by atoms with Crippen molar-refractivity contribution < 1.29 is 0 Å². The summed E-state index contributed by atoms with van der Waals surface area (Å²) in [5, 5.41) is 2.46. The van der Waals surface area contributed by atoms with Crippen molar-refractivity contribution in [2.75, 3.05) is 0 Å². The monoisotopic (exact) mass is 184 g/mol. The minimum Gasteiger partial charge on any atom is -0.328 e. The molecule has 4 heteroatoms. The van der Waals surface area contributed by atoms with Gasteiger partial charge in [0.25, 0.3) is 0 Å². The Balaban J connectivity index is 2.45. The molecule has 0 aromatic carbocycles. The number of aromatic nitrogens is 2. The number of thiophene rings is 1. The number of halogens is 1. The zero-order valence-corrected chi connectivity index (χ0v) is 7.12. The number of rotatable bonds is 1. The maximum Gasteiger partial charge on any atom is 0.200 e. The predicted octanol–water partition coefficient (Wildman–Crippen LogP) is 2.79. The highest BCUT2D eigenvalue weighted by Crippen LogP contribution is 2.23. The van der Waals surface area contributed by atoms with Crippen molar-refractivity contribution in [3.05, 3.63) is 29.0 Å². The molecular weight excluding hydrogens is 180 g/mol. The second-order valence-electron chi connectivity index (χ2n) is 2.06. The number of nitrogens with one attached hydrogen (secondary N) is 1. The second-order valence-corrected chi connectivity index (χ2v) is 3.37. The minimum atomic E-state index is 0.438. The SMILES string of the molecule is Clc1ncc(-c2cccs2)[nH]1. The molecule has 2 aromatic heterocycles. The van der Waals surface area contributed by atoms with Crippen LogP contribution in [0.25, 0.3) is 10.6 Å². The van der Waals surface area contributed by atoms with Crippen molar-refractivity contribution in [3.63, 3.8) is 0 Å². The predicted molar refractivity (Wildman–Crippen MR) is 46.9 cm³/mol. The fraction of sp³-hybridized carbons (Fsp3) is 0. The molecule has 2 heterocycles. The highest BCUT2D eigenvalue weighted by atomic mass is 35.5. The zero-order valence-electron chi connectivity index (χ0n) is 5.54. The van der Waals surface area contributed by atoms with Gasteiger partial charge in [-0.1, -0.05) is 6.07 Å². The van der Waals surface area contributed by atoms with Crippen molar-refractivity contribution in [1.82, 2.24) is 9.97 Å². The molecule has 0 radical (unpaired) electrons. The van der Waals surface area contributed by atoms with Crippen LogP contribution in [0.1, 0.15) is 0 Å². The van der Waals surface area contributed by atoms with Crippen molar-refractivity contribution in [3.8, 4) is 10.6 Å². The molecule has 0 aliphatic carbocycles. The normalized spacial score (nSPS) is 10.3. The van der Waals surface area contributed by atoms with E-state index >= 15 is 0 Å². The number of nitrogens with zero attached hydrogens (tertiary/aromatic N) is 1. The quantitative estimate of drug-likeness (QED) is 0.726. The minimum absolute atomic E-state index is 0.438. The molecule has 0 unspecified atom stereocenters. The molecule has 0 aliphatic rings. The molecule has 2 aromatic rings. The average Bonchev–Trinajstić information content (AvgIpc) is 2.55. The fourth-order valence-corrected chi connectivity index (χ4v) is 1.70. The Morgan fingerprint density at radius 2 is 2.45 bits per heavy atom. The number of aromatic amines is 1. The molecule has 0 bridgehead atoms. The first-order valence-electron chi connectivity index (χ1n) is 3.10. The maximum atomic E-state index is 5.62. The Labute approximate surface area is 72.9 Å². The van der Waals surface area contributed by atoms with Gasteiger partial charge in [-0.2, -0.15) is 0 Å². The zero-order chi connectivity index (χ0) is 7.68. The molecule has 0 saturated carbocycles. The lowest BCUT2D eigenvalue weighted by atomic mass is 10.4. The van der Waals surface area contributed by atoms with Crippen LogP contribution in [0.15, 0.2) is 23.7 Å². The van der Waals surface area contributed by atoms with Gasteiger partial charge in [-0.05, 0) is 23.0 Å². The van der Waals surface area contributed by atoms with E-state index in [0.717, 1.165) is 10.6 Å². The second kappa shape index (κ2) is 2.68. The standard InChI is InChI=1S/C7H5ClN2S/c8-7-9-4-5(10-7)6-2-1-3-11-6/h1-4H,(H,9,10).